The number of rotatable bonds is 7. The predicted octanol–water partition coefficient (Wildman–Crippen LogP) is 2.51. The van der Waals surface area contributed by atoms with Gasteiger partial charge in [0.05, 0.1) is 12.6 Å². The molecule has 1 N–H and O–H groups in total. The molecule has 2 saturated heterocycles. The molecule has 0 spiro atoms. The molecule has 0 aromatic heterocycles. The van der Waals surface area contributed by atoms with Crippen LogP contribution >= 0.6 is 11.6 Å². The number of aliphatic hydroxyl groups is 1. The van der Waals surface area contributed by atoms with E-state index in [1.165, 1.54) is 5.56 Å². The Morgan fingerprint density at radius 1 is 1.07 bits per heavy atom. The lowest BCUT2D eigenvalue weighted by Gasteiger charge is -2.35. The lowest BCUT2D eigenvalue weighted by atomic mass is 9.96. The topological polar surface area (TPSA) is 47.0 Å². The number of hydrogen-bond donors (Lipinski definition) is 1. The van der Waals surface area contributed by atoms with Crippen LogP contribution in [0.1, 0.15) is 31.2 Å². The van der Waals surface area contributed by atoms with Crippen LogP contribution in [0.3, 0.4) is 0 Å². The highest BCUT2D eigenvalue weighted by Crippen LogP contribution is 2.19. The molecule has 0 bridgehead atoms. The van der Waals surface area contributed by atoms with Gasteiger partial charge >= 0.3 is 0 Å². The molecule has 2 aliphatic rings. The predicted molar refractivity (Wildman–Crippen MR) is 114 cm³/mol. The van der Waals surface area contributed by atoms with Crippen LogP contribution in [0, 0.1) is 5.92 Å². The normalized spacial score (nSPS) is 20.4. The zero-order valence-electron chi connectivity index (χ0n) is 17.0. The highest BCUT2D eigenvalue weighted by molar-refractivity contribution is 6.30. The number of carbonyl (C=O) groups is 1. The molecule has 1 amide bonds. The molecule has 0 atom stereocenters. The lowest BCUT2D eigenvalue weighted by Crippen LogP contribution is -2.45. The second kappa shape index (κ2) is 10.6. The zero-order valence-corrected chi connectivity index (χ0v) is 17.8. The van der Waals surface area contributed by atoms with Crippen molar-refractivity contribution in [2.45, 2.75) is 38.2 Å². The van der Waals surface area contributed by atoms with E-state index < -0.39 is 0 Å². The van der Waals surface area contributed by atoms with Crippen molar-refractivity contribution in [1.82, 2.24) is 14.7 Å². The second-order valence-electron chi connectivity index (χ2n) is 8.44. The van der Waals surface area contributed by atoms with Crippen LogP contribution in [0.2, 0.25) is 5.02 Å². The maximum Gasteiger partial charge on any atom is 0.236 e. The molecule has 2 fully saturated rings. The third-order valence-corrected chi connectivity index (χ3v) is 6.46. The number of nitrogens with zero attached hydrogens (tertiary/aromatic N) is 3. The molecule has 1 aromatic rings. The third kappa shape index (κ3) is 6.73. The van der Waals surface area contributed by atoms with Gasteiger partial charge in [-0.1, -0.05) is 23.7 Å². The molecule has 6 heteroatoms. The van der Waals surface area contributed by atoms with Crippen molar-refractivity contribution in [3.05, 3.63) is 34.9 Å². The molecule has 3 rings (SSSR count). The van der Waals surface area contributed by atoms with Crippen LogP contribution in [-0.4, -0.2) is 84.7 Å². The fourth-order valence-corrected chi connectivity index (χ4v) is 4.34. The number of hydrogen-bond acceptors (Lipinski definition) is 4. The number of amides is 1. The van der Waals surface area contributed by atoms with Gasteiger partial charge in [0.1, 0.15) is 0 Å². The number of piperidine rings is 2. The Kier molecular flexibility index (Phi) is 8.15. The van der Waals surface area contributed by atoms with Crippen LogP contribution in [0.4, 0.5) is 0 Å². The van der Waals surface area contributed by atoms with Crippen LogP contribution in [-0.2, 0) is 11.2 Å². The Morgan fingerprint density at radius 3 is 2.32 bits per heavy atom. The molecule has 28 heavy (non-hydrogen) atoms. The number of halogens is 1. The van der Waals surface area contributed by atoms with E-state index in [9.17, 15) is 9.90 Å². The first-order chi connectivity index (χ1) is 13.5. The fourth-order valence-electron chi connectivity index (χ4n) is 4.21. The van der Waals surface area contributed by atoms with Crippen molar-refractivity contribution >= 4 is 17.5 Å². The third-order valence-electron chi connectivity index (χ3n) is 6.21. The summed E-state index contributed by atoms with van der Waals surface area (Å²) in [6.45, 7) is 6.32. The highest BCUT2D eigenvalue weighted by atomic mass is 35.5. The number of aliphatic hydroxyl groups excluding tert-OH is 1. The molecule has 156 valence electrons. The van der Waals surface area contributed by atoms with E-state index >= 15 is 0 Å². The van der Waals surface area contributed by atoms with E-state index in [0.29, 0.717) is 12.5 Å². The van der Waals surface area contributed by atoms with Crippen molar-refractivity contribution < 1.29 is 9.90 Å². The largest absolute Gasteiger partial charge is 0.393 e. The zero-order chi connectivity index (χ0) is 19.9. The number of likely N-dealkylation sites (tertiary alicyclic amines) is 2. The van der Waals surface area contributed by atoms with Gasteiger partial charge in [-0.2, -0.15) is 0 Å². The van der Waals surface area contributed by atoms with E-state index in [-0.39, 0.29) is 12.0 Å². The number of benzene rings is 1. The summed E-state index contributed by atoms with van der Waals surface area (Å²) in [5.74, 6) is 0.811. The molecule has 2 aliphatic heterocycles. The molecule has 0 radical (unpaired) electrons. The SMILES string of the molecule is CN(CC1CCN(CCc2ccc(Cl)cc2)CC1)C(=O)CN1CCC(O)CC1. The van der Waals surface area contributed by atoms with Gasteiger partial charge in [0, 0.05) is 38.2 Å². The number of carbonyl (C=O) groups excluding carboxylic acids is 1. The Hall–Kier alpha value is -1.14. The standard InChI is InChI=1S/C22H34ClN3O2/c1-24(22(28)17-26-14-9-21(27)10-15-26)16-19-7-12-25(13-8-19)11-6-18-2-4-20(23)5-3-18/h2-5,19,21,27H,6-17H2,1H3. The second-order valence-corrected chi connectivity index (χ2v) is 8.88. The van der Waals surface area contributed by atoms with Crippen molar-refractivity contribution in [3.63, 3.8) is 0 Å². The van der Waals surface area contributed by atoms with Crippen molar-refractivity contribution in [2.75, 3.05) is 52.9 Å². The summed E-state index contributed by atoms with van der Waals surface area (Å²) in [6.07, 6.45) is 4.76. The minimum absolute atomic E-state index is 0.186. The monoisotopic (exact) mass is 407 g/mol. The Balaban J connectivity index is 1.33. The first kappa shape index (κ1) is 21.6. The Bertz CT molecular complexity index is 609. The van der Waals surface area contributed by atoms with Gasteiger partial charge in [0.15, 0.2) is 0 Å². The summed E-state index contributed by atoms with van der Waals surface area (Å²) < 4.78 is 0. The van der Waals surface area contributed by atoms with E-state index in [0.717, 1.165) is 76.4 Å². The molecule has 5 nitrogen and oxygen atoms in total. The molecule has 0 saturated carbocycles. The van der Waals surface area contributed by atoms with Gasteiger partial charge in [0.2, 0.25) is 5.91 Å². The average Bonchev–Trinajstić information content (AvgIpc) is 2.70. The van der Waals surface area contributed by atoms with Gasteiger partial charge in [0.25, 0.3) is 0 Å². The molecule has 0 aliphatic carbocycles. The van der Waals surface area contributed by atoms with Crippen molar-refractivity contribution in [3.8, 4) is 0 Å². The van der Waals surface area contributed by atoms with Gasteiger partial charge in [-0.25, -0.2) is 0 Å². The van der Waals surface area contributed by atoms with Gasteiger partial charge in [-0.3, -0.25) is 9.69 Å². The molecule has 2 heterocycles. The average molecular weight is 408 g/mol. The van der Waals surface area contributed by atoms with Crippen LogP contribution in [0.25, 0.3) is 0 Å². The quantitative estimate of drug-likeness (QED) is 0.754. The van der Waals surface area contributed by atoms with E-state index in [1.807, 2.05) is 24.1 Å². The molecular weight excluding hydrogens is 374 g/mol. The van der Waals surface area contributed by atoms with Gasteiger partial charge < -0.3 is 14.9 Å². The van der Waals surface area contributed by atoms with Crippen LogP contribution in [0.15, 0.2) is 24.3 Å². The lowest BCUT2D eigenvalue weighted by molar-refractivity contribution is -0.132. The van der Waals surface area contributed by atoms with Gasteiger partial charge in [-0.15, -0.1) is 0 Å². The summed E-state index contributed by atoms with van der Waals surface area (Å²) in [6, 6.07) is 8.14. The molecule has 1 aromatic carbocycles. The smallest absolute Gasteiger partial charge is 0.236 e. The van der Waals surface area contributed by atoms with Gasteiger partial charge in [-0.05, 0) is 68.8 Å². The highest BCUT2D eigenvalue weighted by Gasteiger charge is 2.24. The fraction of sp³-hybridized carbons (Fsp3) is 0.682. The number of likely N-dealkylation sites (N-methyl/N-ethyl adjacent to an activating group) is 1. The van der Waals surface area contributed by atoms with Crippen molar-refractivity contribution in [2.24, 2.45) is 5.92 Å². The maximum atomic E-state index is 12.5. The van der Waals surface area contributed by atoms with Crippen LogP contribution in [0.5, 0.6) is 0 Å². The van der Waals surface area contributed by atoms with Crippen LogP contribution < -0.4 is 0 Å². The van der Waals surface area contributed by atoms with Crippen molar-refractivity contribution in [1.29, 1.82) is 0 Å². The summed E-state index contributed by atoms with van der Waals surface area (Å²) in [5, 5.41) is 10.4. The maximum absolute atomic E-state index is 12.5. The minimum Gasteiger partial charge on any atom is -0.393 e. The molecule has 0 unspecified atom stereocenters. The first-order valence-electron chi connectivity index (χ1n) is 10.6. The van der Waals surface area contributed by atoms with E-state index in [1.54, 1.807) is 0 Å². The van der Waals surface area contributed by atoms with E-state index in [4.69, 9.17) is 11.6 Å². The Morgan fingerprint density at radius 2 is 1.68 bits per heavy atom. The summed E-state index contributed by atoms with van der Waals surface area (Å²) in [4.78, 5) is 19.1. The summed E-state index contributed by atoms with van der Waals surface area (Å²) in [7, 11) is 1.94. The molecular formula is C22H34ClN3O2. The first-order valence-corrected chi connectivity index (χ1v) is 11.0. The Labute approximate surface area is 174 Å². The summed E-state index contributed by atoms with van der Waals surface area (Å²) in [5.41, 5.74) is 1.34. The summed E-state index contributed by atoms with van der Waals surface area (Å²) >= 11 is 5.95. The van der Waals surface area contributed by atoms with E-state index in [2.05, 4.69) is 21.9 Å². The minimum atomic E-state index is -0.186.